The third-order valence-electron chi connectivity index (χ3n) is 11.0. The topological polar surface area (TPSA) is 93.2 Å². The summed E-state index contributed by atoms with van der Waals surface area (Å²) in [5.74, 6) is 3.34. The summed E-state index contributed by atoms with van der Waals surface area (Å²) in [5.41, 5.74) is 4.28. The van der Waals surface area contributed by atoms with E-state index in [-0.39, 0.29) is 28.6 Å². The molecule has 2 fully saturated rings. The zero-order valence-electron chi connectivity index (χ0n) is 32.9. The Hall–Kier alpha value is -4.04. The minimum absolute atomic E-state index is 0.119. The van der Waals surface area contributed by atoms with Crippen molar-refractivity contribution in [3.05, 3.63) is 119 Å². The summed E-state index contributed by atoms with van der Waals surface area (Å²) in [4.78, 5) is 0. The van der Waals surface area contributed by atoms with Crippen LogP contribution in [0.5, 0.6) is 23.0 Å². The summed E-state index contributed by atoms with van der Waals surface area (Å²) in [6, 6.07) is 32.2. The first-order valence-electron chi connectivity index (χ1n) is 19.2. The van der Waals surface area contributed by atoms with E-state index in [9.17, 15) is 10.2 Å². The minimum atomic E-state index is -0.428. The molecule has 2 N–H and O–H groups in total. The molecule has 0 spiro atoms. The third kappa shape index (κ3) is 11.0. The highest BCUT2D eigenvalue weighted by atomic mass is 16.6. The van der Waals surface area contributed by atoms with Crippen molar-refractivity contribution in [2.75, 3.05) is 26.4 Å². The van der Waals surface area contributed by atoms with Gasteiger partial charge in [0.2, 0.25) is 0 Å². The molecule has 7 nitrogen and oxygen atoms in total. The second-order valence-corrected chi connectivity index (χ2v) is 15.9. The molecule has 5 unspecified atom stereocenters. The van der Waals surface area contributed by atoms with Gasteiger partial charge in [0.05, 0.1) is 19.3 Å². The summed E-state index contributed by atoms with van der Waals surface area (Å²) >= 11 is 0. The average Bonchev–Trinajstić information content (AvgIpc) is 4.09. The van der Waals surface area contributed by atoms with Crippen LogP contribution in [0.1, 0.15) is 96.9 Å². The summed E-state index contributed by atoms with van der Waals surface area (Å²) in [7, 11) is 0. The van der Waals surface area contributed by atoms with Gasteiger partial charge in [0.1, 0.15) is 54.0 Å². The van der Waals surface area contributed by atoms with Gasteiger partial charge in [-0.2, -0.15) is 0 Å². The maximum Gasteiger partial charge on any atom is 0.134 e. The number of hydrogen-bond acceptors (Lipinski definition) is 7. The first kappa shape index (κ1) is 40.2. The number of benzene rings is 4. The van der Waals surface area contributed by atoms with Gasteiger partial charge < -0.3 is 33.9 Å². The molecule has 0 radical (unpaired) electrons. The first-order chi connectivity index (χ1) is 25.2. The Morgan fingerprint density at radius 1 is 0.660 bits per heavy atom. The van der Waals surface area contributed by atoms with E-state index in [1.807, 2.05) is 36.4 Å². The summed E-state index contributed by atoms with van der Waals surface area (Å²) in [6.07, 6.45) is 2.79. The number of ether oxygens (including phenoxy) is 5. The van der Waals surface area contributed by atoms with Gasteiger partial charge in [0, 0.05) is 10.8 Å². The molecule has 0 bridgehead atoms. The fourth-order valence-corrected chi connectivity index (χ4v) is 6.37. The van der Waals surface area contributed by atoms with Gasteiger partial charge in [0.25, 0.3) is 0 Å². The second kappa shape index (κ2) is 17.4. The maximum atomic E-state index is 10.1. The fraction of sp³-hybridized carbons (Fsp3) is 0.478. The predicted octanol–water partition coefficient (Wildman–Crippen LogP) is 9.63. The number of aliphatic hydroxyl groups is 1. The first-order valence-corrected chi connectivity index (χ1v) is 19.2. The van der Waals surface area contributed by atoms with Crippen LogP contribution in [-0.2, 0) is 20.3 Å². The highest BCUT2D eigenvalue weighted by Crippen LogP contribution is 2.37. The van der Waals surface area contributed by atoms with Crippen molar-refractivity contribution in [3.8, 4) is 23.0 Å². The number of rotatable bonds is 17. The van der Waals surface area contributed by atoms with E-state index >= 15 is 0 Å². The van der Waals surface area contributed by atoms with E-state index in [1.54, 1.807) is 12.1 Å². The van der Waals surface area contributed by atoms with Crippen LogP contribution in [-0.4, -0.2) is 60.6 Å². The van der Waals surface area contributed by atoms with Crippen molar-refractivity contribution in [3.63, 3.8) is 0 Å². The van der Waals surface area contributed by atoms with Crippen LogP contribution in [0.2, 0.25) is 0 Å². The van der Waals surface area contributed by atoms with Gasteiger partial charge >= 0.3 is 0 Å². The molecule has 2 heterocycles. The molecule has 7 heteroatoms. The molecule has 2 aliphatic heterocycles. The minimum Gasteiger partial charge on any atom is -0.508 e. The number of phenols is 1. The van der Waals surface area contributed by atoms with Gasteiger partial charge in [0.15, 0.2) is 0 Å². The SMILES string of the molecule is CC(C)(c1ccc(O)cc1)c1ccc(OCC2CO2)cc1.CCC(C)CC(O)COc1ccc(C(C)(C)c2ccc(OC(C)(CC)C3CO3)cc2)cc1. The lowest BCUT2D eigenvalue weighted by Gasteiger charge is -2.29. The molecule has 5 atom stereocenters. The Balaban J connectivity index is 0.000000222. The van der Waals surface area contributed by atoms with Gasteiger partial charge in [-0.15, -0.1) is 0 Å². The van der Waals surface area contributed by atoms with Crippen LogP contribution >= 0.6 is 0 Å². The molecule has 6 rings (SSSR count). The molecule has 4 aromatic rings. The van der Waals surface area contributed by atoms with Crippen LogP contribution < -0.4 is 14.2 Å². The quantitative estimate of drug-likeness (QED) is 0.105. The molecule has 0 saturated carbocycles. The van der Waals surface area contributed by atoms with Crippen molar-refractivity contribution >= 4 is 0 Å². The second-order valence-electron chi connectivity index (χ2n) is 15.9. The molecule has 4 aromatic carbocycles. The average molecular weight is 725 g/mol. The van der Waals surface area contributed by atoms with Crippen molar-refractivity contribution in [1.29, 1.82) is 0 Å². The molecule has 0 amide bonds. The Morgan fingerprint density at radius 2 is 1.09 bits per heavy atom. The molecule has 2 aliphatic rings. The molecule has 0 aromatic heterocycles. The van der Waals surface area contributed by atoms with E-state index in [0.29, 0.717) is 24.9 Å². The van der Waals surface area contributed by atoms with Crippen LogP contribution in [0.3, 0.4) is 0 Å². The largest absolute Gasteiger partial charge is 0.508 e. The van der Waals surface area contributed by atoms with E-state index in [1.165, 1.54) is 22.3 Å². The monoisotopic (exact) mass is 724 g/mol. The smallest absolute Gasteiger partial charge is 0.134 e. The van der Waals surface area contributed by atoms with Crippen LogP contribution in [0.15, 0.2) is 97.1 Å². The molecule has 53 heavy (non-hydrogen) atoms. The summed E-state index contributed by atoms with van der Waals surface area (Å²) < 4.78 is 28.4. The van der Waals surface area contributed by atoms with Crippen LogP contribution in [0, 0.1) is 5.92 Å². The number of phenolic OH excluding ortho intramolecular Hbond substituents is 1. The van der Waals surface area contributed by atoms with E-state index in [0.717, 1.165) is 49.7 Å². The number of aromatic hydroxyl groups is 1. The Bertz CT molecular complexity index is 1690. The standard InChI is InChI=1S/C28H40O4.C18H20O3/c1-7-20(3)17-23(29)18-30-24-13-9-21(10-14-24)27(4,5)22-11-15-25(16-12-22)32-28(6,8-2)26-19-31-26;1-18(2,13-3-7-15(19)8-4-13)14-5-9-16(10-6-14)20-11-17-12-21-17/h9-16,20,23,26,29H,7-8,17-19H2,1-6H3;3-10,17,19H,11-12H2,1-2H3. The Labute approximate surface area is 317 Å². The van der Waals surface area contributed by atoms with Crippen LogP contribution in [0.25, 0.3) is 0 Å². The van der Waals surface area contributed by atoms with Crippen molar-refractivity contribution < 1.29 is 33.9 Å². The van der Waals surface area contributed by atoms with Gasteiger partial charge in [-0.3, -0.25) is 0 Å². The van der Waals surface area contributed by atoms with Gasteiger partial charge in [-0.05, 0) is 96.5 Å². The highest BCUT2D eigenvalue weighted by Gasteiger charge is 2.44. The van der Waals surface area contributed by atoms with Crippen LogP contribution in [0.4, 0.5) is 0 Å². The van der Waals surface area contributed by atoms with Gasteiger partial charge in [-0.25, -0.2) is 0 Å². The zero-order valence-corrected chi connectivity index (χ0v) is 32.9. The fourth-order valence-electron chi connectivity index (χ4n) is 6.37. The highest BCUT2D eigenvalue weighted by molar-refractivity contribution is 5.43. The Morgan fingerprint density at radius 3 is 1.51 bits per heavy atom. The van der Waals surface area contributed by atoms with Crippen molar-refractivity contribution in [2.24, 2.45) is 5.92 Å². The Kier molecular flexibility index (Phi) is 13.2. The number of hydrogen-bond donors (Lipinski definition) is 2. The lowest BCUT2D eigenvalue weighted by Crippen LogP contribution is -2.37. The van der Waals surface area contributed by atoms with E-state index < -0.39 is 6.10 Å². The summed E-state index contributed by atoms with van der Waals surface area (Å²) in [5, 5.41) is 19.6. The number of aliphatic hydroxyl groups excluding tert-OH is 1. The molecule has 0 aliphatic carbocycles. The maximum absolute atomic E-state index is 10.1. The lowest BCUT2D eigenvalue weighted by molar-refractivity contribution is 0.0521. The predicted molar refractivity (Wildman–Crippen MR) is 212 cm³/mol. The van der Waals surface area contributed by atoms with Crippen molar-refractivity contribution in [1.82, 2.24) is 0 Å². The lowest BCUT2D eigenvalue weighted by atomic mass is 9.78. The molecular formula is C46H60O7. The third-order valence-corrected chi connectivity index (χ3v) is 11.0. The van der Waals surface area contributed by atoms with E-state index in [2.05, 4.69) is 104 Å². The zero-order chi connectivity index (χ0) is 38.2. The summed E-state index contributed by atoms with van der Waals surface area (Å²) in [6.45, 7) is 19.9. The van der Waals surface area contributed by atoms with E-state index in [4.69, 9.17) is 23.7 Å². The molecule has 2 saturated heterocycles. The van der Waals surface area contributed by atoms with Gasteiger partial charge in [-0.1, -0.05) is 103 Å². The number of epoxide rings is 2. The molecular weight excluding hydrogens is 664 g/mol. The molecule has 286 valence electrons. The van der Waals surface area contributed by atoms with Crippen molar-refractivity contribution in [2.45, 2.75) is 109 Å². The normalized spacial score (nSPS) is 18.8.